The predicted octanol–water partition coefficient (Wildman–Crippen LogP) is 2.38. The van der Waals surface area contributed by atoms with Crippen molar-refractivity contribution < 1.29 is 14.6 Å². The van der Waals surface area contributed by atoms with Crippen molar-refractivity contribution in [3.05, 3.63) is 35.5 Å². The molecule has 0 aromatic carbocycles. The Morgan fingerprint density at radius 3 is 2.57 bits per heavy atom. The number of pyridine rings is 1. The third-order valence-electron chi connectivity index (χ3n) is 2.86. The molecule has 2 rings (SSSR count). The first kappa shape index (κ1) is 14.7. The van der Waals surface area contributed by atoms with Crippen molar-refractivity contribution in [1.82, 2.24) is 15.0 Å². The third-order valence-corrected chi connectivity index (χ3v) is 2.86. The maximum Gasteiger partial charge on any atom is 0.354 e. The fourth-order valence-corrected chi connectivity index (χ4v) is 1.76. The van der Waals surface area contributed by atoms with Crippen LogP contribution < -0.4 is 10.5 Å². The summed E-state index contributed by atoms with van der Waals surface area (Å²) in [7, 11) is 0. The Kier molecular flexibility index (Phi) is 4.02. The first-order chi connectivity index (χ1) is 9.88. The zero-order valence-corrected chi connectivity index (χ0v) is 12.0. The number of nitrogens with zero attached hydrogens (tertiary/aromatic N) is 3. The van der Waals surface area contributed by atoms with Crippen LogP contribution in [0.15, 0.2) is 18.5 Å². The highest BCUT2D eigenvalue weighted by Crippen LogP contribution is 2.32. The van der Waals surface area contributed by atoms with Gasteiger partial charge < -0.3 is 15.6 Å². The number of nitrogen functional groups attached to an aromatic ring is 1. The molecule has 3 N–H and O–H groups in total. The Bertz CT molecular complexity index is 686. The Morgan fingerprint density at radius 1 is 1.29 bits per heavy atom. The van der Waals surface area contributed by atoms with E-state index in [1.54, 1.807) is 6.92 Å². The fourth-order valence-electron chi connectivity index (χ4n) is 1.76. The van der Waals surface area contributed by atoms with Gasteiger partial charge in [0.1, 0.15) is 11.6 Å². The van der Waals surface area contributed by atoms with Gasteiger partial charge in [-0.1, -0.05) is 13.8 Å². The van der Waals surface area contributed by atoms with Crippen molar-refractivity contribution in [1.29, 1.82) is 0 Å². The molecular weight excluding hydrogens is 272 g/mol. The summed E-state index contributed by atoms with van der Waals surface area (Å²) in [5.74, 6) is 0.392. The molecule has 0 amide bonds. The topological polar surface area (TPSA) is 111 Å². The van der Waals surface area contributed by atoms with Crippen molar-refractivity contribution in [2.45, 2.75) is 26.7 Å². The number of ether oxygens (including phenoxy) is 1. The molecule has 110 valence electrons. The van der Waals surface area contributed by atoms with Crippen molar-refractivity contribution in [3.8, 4) is 11.5 Å². The number of hydrogen-bond donors (Lipinski definition) is 2. The first-order valence-electron chi connectivity index (χ1n) is 6.38. The van der Waals surface area contributed by atoms with Gasteiger partial charge in [0.25, 0.3) is 0 Å². The fraction of sp³-hybridized carbons (Fsp3) is 0.286. The standard InChI is InChI=1S/C14H16N4O3/c1-7(2)9-5-17-10(14(19)20)4-11(9)21-12-6-16-8(3)18-13(12)15/h4-7H,1-3H3,(H,19,20)(H2,15,16,18). The molecule has 0 spiro atoms. The summed E-state index contributed by atoms with van der Waals surface area (Å²) in [6.45, 7) is 5.63. The van der Waals surface area contributed by atoms with Crippen LogP contribution in [0.1, 0.15) is 41.6 Å². The lowest BCUT2D eigenvalue weighted by atomic mass is 10.0. The number of carboxylic acids is 1. The molecule has 0 unspecified atom stereocenters. The van der Waals surface area contributed by atoms with Gasteiger partial charge in [-0.25, -0.2) is 19.7 Å². The van der Waals surface area contributed by atoms with Crippen LogP contribution in [0.5, 0.6) is 11.5 Å². The minimum absolute atomic E-state index is 0.0963. The molecule has 2 aromatic rings. The first-order valence-corrected chi connectivity index (χ1v) is 6.38. The predicted molar refractivity (Wildman–Crippen MR) is 76.5 cm³/mol. The van der Waals surface area contributed by atoms with Gasteiger partial charge in [0.05, 0.1) is 6.20 Å². The van der Waals surface area contributed by atoms with Gasteiger partial charge in [-0.15, -0.1) is 0 Å². The highest BCUT2D eigenvalue weighted by atomic mass is 16.5. The van der Waals surface area contributed by atoms with E-state index < -0.39 is 5.97 Å². The van der Waals surface area contributed by atoms with Crippen LogP contribution in [0, 0.1) is 6.92 Å². The van der Waals surface area contributed by atoms with Gasteiger partial charge in [-0.2, -0.15) is 0 Å². The van der Waals surface area contributed by atoms with E-state index in [-0.39, 0.29) is 23.2 Å². The molecule has 7 heteroatoms. The van der Waals surface area contributed by atoms with Gasteiger partial charge in [0, 0.05) is 17.8 Å². The van der Waals surface area contributed by atoms with E-state index in [4.69, 9.17) is 15.6 Å². The largest absolute Gasteiger partial charge is 0.477 e. The number of nitrogens with two attached hydrogens (primary N) is 1. The minimum Gasteiger partial charge on any atom is -0.477 e. The van der Waals surface area contributed by atoms with Crippen molar-refractivity contribution >= 4 is 11.8 Å². The van der Waals surface area contributed by atoms with Crippen LogP contribution in [0.3, 0.4) is 0 Å². The zero-order chi connectivity index (χ0) is 15.6. The maximum atomic E-state index is 11.0. The zero-order valence-electron chi connectivity index (χ0n) is 12.0. The second-order valence-corrected chi connectivity index (χ2v) is 4.84. The van der Waals surface area contributed by atoms with E-state index in [0.29, 0.717) is 11.6 Å². The lowest BCUT2D eigenvalue weighted by Crippen LogP contribution is -2.05. The molecule has 0 atom stereocenters. The summed E-state index contributed by atoms with van der Waals surface area (Å²) in [5.41, 5.74) is 6.47. The molecule has 0 aliphatic rings. The van der Waals surface area contributed by atoms with Crippen LogP contribution in [0.4, 0.5) is 5.82 Å². The average molecular weight is 288 g/mol. The summed E-state index contributed by atoms with van der Waals surface area (Å²) >= 11 is 0. The smallest absolute Gasteiger partial charge is 0.354 e. The average Bonchev–Trinajstić information content (AvgIpc) is 2.41. The van der Waals surface area contributed by atoms with Crippen LogP contribution in [0.2, 0.25) is 0 Å². The van der Waals surface area contributed by atoms with Gasteiger partial charge in [-0.3, -0.25) is 0 Å². The molecular formula is C14H16N4O3. The van der Waals surface area contributed by atoms with Crippen molar-refractivity contribution in [2.24, 2.45) is 0 Å². The molecule has 0 bridgehead atoms. The number of carbonyl (C=O) groups is 1. The Labute approximate surface area is 121 Å². The third kappa shape index (κ3) is 3.25. The van der Waals surface area contributed by atoms with E-state index in [1.807, 2.05) is 13.8 Å². The Balaban J connectivity index is 2.45. The molecule has 0 aliphatic heterocycles. The van der Waals surface area contributed by atoms with Crippen LogP contribution in [-0.4, -0.2) is 26.0 Å². The monoisotopic (exact) mass is 288 g/mol. The van der Waals surface area contributed by atoms with Gasteiger partial charge in [-0.05, 0) is 12.8 Å². The van der Waals surface area contributed by atoms with E-state index in [0.717, 1.165) is 5.56 Å². The molecule has 2 aromatic heterocycles. The summed E-state index contributed by atoms with van der Waals surface area (Å²) in [4.78, 5) is 23.0. The number of rotatable bonds is 4. The molecule has 0 fully saturated rings. The van der Waals surface area contributed by atoms with Gasteiger partial charge in [0.15, 0.2) is 17.3 Å². The number of aryl methyl sites for hydroxylation is 1. The molecule has 0 saturated heterocycles. The number of aromatic carboxylic acids is 1. The van der Waals surface area contributed by atoms with Gasteiger partial charge >= 0.3 is 5.97 Å². The van der Waals surface area contributed by atoms with Crippen LogP contribution >= 0.6 is 0 Å². The lowest BCUT2D eigenvalue weighted by Gasteiger charge is -2.14. The number of hydrogen-bond acceptors (Lipinski definition) is 6. The van der Waals surface area contributed by atoms with Gasteiger partial charge in [0.2, 0.25) is 0 Å². The molecule has 7 nitrogen and oxygen atoms in total. The summed E-state index contributed by atoms with van der Waals surface area (Å²) < 4.78 is 5.69. The molecule has 21 heavy (non-hydrogen) atoms. The molecule has 0 aliphatic carbocycles. The van der Waals surface area contributed by atoms with Crippen molar-refractivity contribution in [2.75, 3.05) is 5.73 Å². The van der Waals surface area contributed by atoms with Crippen LogP contribution in [0.25, 0.3) is 0 Å². The summed E-state index contributed by atoms with van der Waals surface area (Å²) in [6.07, 6.45) is 2.96. The SMILES string of the molecule is Cc1ncc(Oc2cc(C(=O)O)ncc2C(C)C)c(N)n1. The van der Waals surface area contributed by atoms with Crippen molar-refractivity contribution in [3.63, 3.8) is 0 Å². The second kappa shape index (κ2) is 5.74. The number of aromatic nitrogens is 3. The number of anilines is 1. The van der Waals surface area contributed by atoms with E-state index >= 15 is 0 Å². The Morgan fingerprint density at radius 2 is 2.00 bits per heavy atom. The lowest BCUT2D eigenvalue weighted by molar-refractivity contribution is 0.0690. The van der Waals surface area contributed by atoms with Crippen LogP contribution in [-0.2, 0) is 0 Å². The second-order valence-electron chi connectivity index (χ2n) is 4.84. The quantitative estimate of drug-likeness (QED) is 0.888. The summed E-state index contributed by atoms with van der Waals surface area (Å²) in [6, 6.07) is 1.37. The highest BCUT2D eigenvalue weighted by Gasteiger charge is 2.15. The van der Waals surface area contributed by atoms with E-state index in [9.17, 15) is 4.79 Å². The number of carboxylic acid groups (broad SMARTS) is 1. The normalized spacial score (nSPS) is 10.7. The van der Waals surface area contributed by atoms with E-state index in [2.05, 4.69) is 15.0 Å². The minimum atomic E-state index is -1.12. The molecule has 0 radical (unpaired) electrons. The maximum absolute atomic E-state index is 11.0. The molecule has 0 saturated carbocycles. The van der Waals surface area contributed by atoms with E-state index in [1.165, 1.54) is 18.5 Å². The summed E-state index contributed by atoms with van der Waals surface area (Å²) in [5, 5.41) is 9.03. The Hall–Kier alpha value is -2.70. The highest BCUT2D eigenvalue weighted by molar-refractivity contribution is 5.85. The molecule has 2 heterocycles.